The van der Waals surface area contributed by atoms with Gasteiger partial charge in [0, 0.05) is 23.0 Å². The van der Waals surface area contributed by atoms with Crippen molar-refractivity contribution in [1.29, 1.82) is 0 Å². The van der Waals surface area contributed by atoms with Crippen molar-refractivity contribution >= 4 is 0 Å². The number of aromatic nitrogens is 2. The van der Waals surface area contributed by atoms with E-state index in [9.17, 15) is 9.18 Å². The molecule has 1 aliphatic rings. The van der Waals surface area contributed by atoms with Gasteiger partial charge in [-0.15, -0.1) is 0 Å². The molecule has 0 saturated carbocycles. The smallest absolute Gasteiger partial charge is 0.263 e. The summed E-state index contributed by atoms with van der Waals surface area (Å²) in [6, 6.07) is 19.5. The molecule has 0 unspecified atom stereocenters. The Bertz CT molecular complexity index is 1310. The van der Waals surface area contributed by atoms with Crippen LogP contribution < -0.4 is 10.3 Å². The molecule has 148 valence electrons. The van der Waals surface area contributed by atoms with E-state index >= 15 is 0 Å². The molecule has 4 nitrogen and oxygen atoms in total. The van der Waals surface area contributed by atoms with Crippen molar-refractivity contribution in [2.45, 2.75) is 20.0 Å². The Morgan fingerprint density at radius 1 is 1.00 bits per heavy atom. The molecule has 3 heterocycles. The Morgan fingerprint density at radius 3 is 2.60 bits per heavy atom. The van der Waals surface area contributed by atoms with Gasteiger partial charge in [-0.2, -0.15) is 0 Å². The number of rotatable bonds is 3. The second-order valence-electron chi connectivity index (χ2n) is 7.18. The fraction of sp³-hybridized carbons (Fsp3) is 0.120. The summed E-state index contributed by atoms with van der Waals surface area (Å²) in [5.41, 5.74) is 5.26. The van der Waals surface area contributed by atoms with Gasteiger partial charge in [-0.1, -0.05) is 31.2 Å². The summed E-state index contributed by atoms with van der Waals surface area (Å²) < 4.78 is 21.1. The molecule has 0 atom stereocenters. The number of aryl methyl sites for hydroxylation is 1. The molecular weight excluding hydrogens is 379 g/mol. The number of nitrogens with zero attached hydrogens (tertiary/aromatic N) is 2. The molecule has 30 heavy (non-hydrogen) atoms. The Morgan fingerprint density at radius 2 is 1.80 bits per heavy atom. The zero-order valence-electron chi connectivity index (χ0n) is 16.4. The molecule has 5 heteroatoms. The molecule has 0 spiro atoms. The lowest BCUT2D eigenvalue weighted by molar-refractivity contribution is 0.292. The topological polar surface area (TPSA) is 44.1 Å². The van der Waals surface area contributed by atoms with E-state index in [0.29, 0.717) is 28.4 Å². The van der Waals surface area contributed by atoms with Crippen molar-refractivity contribution in [1.82, 2.24) is 9.55 Å². The molecule has 0 fully saturated rings. The van der Waals surface area contributed by atoms with Crippen molar-refractivity contribution in [2.24, 2.45) is 0 Å². The van der Waals surface area contributed by atoms with Crippen LogP contribution in [0, 0.1) is 5.82 Å². The van der Waals surface area contributed by atoms with E-state index in [0.717, 1.165) is 23.1 Å². The quantitative estimate of drug-likeness (QED) is 0.479. The van der Waals surface area contributed by atoms with Crippen LogP contribution in [0.1, 0.15) is 18.2 Å². The van der Waals surface area contributed by atoms with Crippen LogP contribution in [0.4, 0.5) is 4.39 Å². The maximum Gasteiger partial charge on any atom is 0.263 e. The van der Waals surface area contributed by atoms with Gasteiger partial charge in [-0.05, 0) is 60.0 Å². The standard InChI is InChI=1S/C25H19FN2O2/c1-2-16-6-3-4-7-19(16)20-14-21-22(15-30-23-8-5-13-27-24(21)23)28(25(20)29)18-11-9-17(26)10-12-18/h3-14H,2,15H2,1H3. The van der Waals surface area contributed by atoms with E-state index in [2.05, 4.69) is 11.9 Å². The van der Waals surface area contributed by atoms with Gasteiger partial charge in [0.15, 0.2) is 0 Å². The monoisotopic (exact) mass is 398 g/mol. The number of ether oxygens (including phenoxy) is 1. The first-order valence-electron chi connectivity index (χ1n) is 9.88. The Labute approximate surface area is 173 Å². The minimum Gasteiger partial charge on any atom is -0.485 e. The predicted octanol–water partition coefficient (Wildman–Crippen LogP) is 5.16. The van der Waals surface area contributed by atoms with E-state index in [-0.39, 0.29) is 18.0 Å². The molecule has 0 amide bonds. The molecule has 0 saturated heterocycles. The van der Waals surface area contributed by atoms with Gasteiger partial charge in [0.25, 0.3) is 5.56 Å². The molecule has 4 aromatic rings. The molecule has 0 N–H and O–H groups in total. The summed E-state index contributed by atoms with van der Waals surface area (Å²) >= 11 is 0. The summed E-state index contributed by atoms with van der Waals surface area (Å²) in [5, 5.41) is 0. The van der Waals surface area contributed by atoms with Gasteiger partial charge in [0.1, 0.15) is 23.9 Å². The lowest BCUT2D eigenvalue weighted by atomic mass is 9.95. The third-order valence-electron chi connectivity index (χ3n) is 5.47. The number of hydrogen-bond donors (Lipinski definition) is 0. The van der Waals surface area contributed by atoms with Crippen LogP contribution in [0.5, 0.6) is 5.75 Å². The van der Waals surface area contributed by atoms with Crippen LogP contribution in [0.3, 0.4) is 0 Å². The second kappa shape index (κ2) is 7.26. The highest BCUT2D eigenvalue weighted by Crippen LogP contribution is 2.38. The van der Waals surface area contributed by atoms with E-state index in [1.165, 1.54) is 12.1 Å². The average molecular weight is 398 g/mol. The molecule has 0 bridgehead atoms. The molecule has 5 rings (SSSR count). The maximum absolute atomic E-state index is 13.7. The van der Waals surface area contributed by atoms with Crippen LogP contribution in [0.15, 0.2) is 77.7 Å². The number of pyridine rings is 2. The van der Waals surface area contributed by atoms with Crippen LogP contribution in [-0.2, 0) is 13.0 Å². The van der Waals surface area contributed by atoms with Crippen LogP contribution in [0.2, 0.25) is 0 Å². The van der Waals surface area contributed by atoms with Gasteiger partial charge in [-0.3, -0.25) is 14.3 Å². The maximum atomic E-state index is 13.7. The van der Waals surface area contributed by atoms with Gasteiger partial charge in [0.2, 0.25) is 0 Å². The second-order valence-corrected chi connectivity index (χ2v) is 7.18. The average Bonchev–Trinajstić information content (AvgIpc) is 2.79. The summed E-state index contributed by atoms with van der Waals surface area (Å²) in [4.78, 5) is 18.2. The Kier molecular flexibility index (Phi) is 4.43. The molecule has 0 aliphatic carbocycles. The number of fused-ring (bicyclic) bond motifs is 3. The zero-order chi connectivity index (χ0) is 20.7. The summed E-state index contributed by atoms with van der Waals surface area (Å²) in [5.74, 6) is 0.334. The van der Waals surface area contributed by atoms with Gasteiger partial charge < -0.3 is 4.74 Å². The minimum absolute atomic E-state index is 0.163. The van der Waals surface area contributed by atoms with Crippen molar-refractivity contribution < 1.29 is 9.13 Å². The fourth-order valence-electron chi connectivity index (χ4n) is 4.00. The van der Waals surface area contributed by atoms with Crippen LogP contribution in [-0.4, -0.2) is 9.55 Å². The molecule has 0 radical (unpaired) electrons. The minimum atomic E-state index is -0.351. The summed E-state index contributed by atoms with van der Waals surface area (Å²) in [7, 11) is 0. The van der Waals surface area contributed by atoms with Crippen molar-refractivity contribution in [2.75, 3.05) is 0 Å². The van der Waals surface area contributed by atoms with E-state index < -0.39 is 0 Å². The van der Waals surface area contributed by atoms with Gasteiger partial charge >= 0.3 is 0 Å². The summed E-state index contributed by atoms with van der Waals surface area (Å²) in [6.07, 6.45) is 2.52. The Hall–Kier alpha value is -3.73. The van der Waals surface area contributed by atoms with Crippen LogP contribution >= 0.6 is 0 Å². The van der Waals surface area contributed by atoms with Crippen molar-refractivity contribution in [3.05, 3.63) is 100 Å². The zero-order valence-corrected chi connectivity index (χ0v) is 16.4. The van der Waals surface area contributed by atoms with Gasteiger partial charge in [0.05, 0.1) is 5.69 Å². The third kappa shape index (κ3) is 2.90. The predicted molar refractivity (Wildman–Crippen MR) is 114 cm³/mol. The normalized spacial score (nSPS) is 12.1. The number of halogens is 1. The van der Waals surface area contributed by atoms with Crippen molar-refractivity contribution in [3.8, 4) is 33.8 Å². The van der Waals surface area contributed by atoms with E-state index in [1.54, 1.807) is 22.9 Å². The van der Waals surface area contributed by atoms with E-state index in [4.69, 9.17) is 4.74 Å². The molecule has 1 aliphatic heterocycles. The number of hydrogen-bond acceptors (Lipinski definition) is 3. The molecular formula is C25H19FN2O2. The molecule has 2 aromatic heterocycles. The van der Waals surface area contributed by atoms with Crippen LogP contribution in [0.25, 0.3) is 28.1 Å². The van der Waals surface area contributed by atoms with Crippen molar-refractivity contribution in [3.63, 3.8) is 0 Å². The highest BCUT2D eigenvalue weighted by Gasteiger charge is 2.25. The molecule has 2 aromatic carbocycles. The number of benzene rings is 2. The SMILES string of the molecule is CCc1ccccc1-c1cc2c(n(-c3ccc(F)cc3)c1=O)COc1cccnc1-2. The van der Waals surface area contributed by atoms with E-state index in [1.807, 2.05) is 42.5 Å². The largest absolute Gasteiger partial charge is 0.485 e. The first-order valence-corrected chi connectivity index (χ1v) is 9.88. The summed E-state index contributed by atoms with van der Waals surface area (Å²) in [6.45, 7) is 2.30. The first-order chi connectivity index (χ1) is 14.7. The first kappa shape index (κ1) is 18.3. The third-order valence-corrected chi connectivity index (χ3v) is 5.47. The fourth-order valence-corrected chi connectivity index (χ4v) is 4.00. The lowest BCUT2D eigenvalue weighted by Crippen LogP contribution is -2.27. The highest BCUT2D eigenvalue weighted by atomic mass is 19.1. The lowest BCUT2D eigenvalue weighted by Gasteiger charge is -2.25. The highest BCUT2D eigenvalue weighted by molar-refractivity contribution is 5.78. The Balaban J connectivity index is 1.87. The van der Waals surface area contributed by atoms with Gasteiger partial charge in [-0.25, -0.2) is 4.39 Å².